The summed E-state index contributed by atoms with van der Waals surface area (Å²) in [6.07, 6.45) is 7.47. The molecule has 2 atom stereocenters. The highest BCUT2D eigenvalue weighted by Gasteiger charge is 2.45. The minimum absolute atomic E-state index is 0.0165. The van der Waals surface area contributed by atoms with E-state index in [0.29, 0.717) is 40.0 Å². The first-order valence-electron chi connectivity index (χ1n) is 20.5. The number of aromatic nitrogens is 2. The highest BCUT2D eigenvalue weighted by atomic mass is 35.5. The Morgan fingerprint density at radius 2 is 1.59 bits per heavy atom. The van der Waals surface area contributed by atoms with Crippen molar-refractivity contribution in [2.75, 3.05) is 49.1 Å². The minimum atomic E-state index is -0.772. The van der Waals surface area contributed by atoms with Crippen LogP contribution in [0.5, 0.6) is 5.75 Å². The SMILES string of the molecule is N#Cc1ccc(OC2CCC(NC(=O)c3ccc(N4CCC(CN5C6CCC5CN(c5ccc7c(c5)C(=O)N(N5CCC(=O)NC5=O)C7=O)C6)CC4)nn3)CC2)cc1Cl. The smallest absolute Gasteiger partial charge is 0.343 e. The van der Waals surface area contributed by atoms with E-state index in [9.17, 15) is 24.0 Å². The summed E-state index contributed by atoms with van der Waals surface area (Å²) in [5.74, 6) is 0.199. The third-order valence-corrected chi connectivity index (χ3v) is 13.1. The average molecular weight is 821 g/mol. The molecule has 0 radical (unpaired) electrons. The van der Waals surface area contributed by atoms with E-state index in [1.807, 2.05) is 12.1 Å². The number of imide groups is 2. The van der Waals surface area contributed by atoms with Crippen molar-refractivity contribution >= 4 is 52.8 Å². The van der Waals surface area contributed by atoms with Crippen molar-refractivity contribution in [3.05, 3.63) is 75.9 Å². The van der Waals surface area contributed by atoms with Gasteiger partial charge in [-0.1, -0.05) is 11.6 Å². The van der Waals surface area contributed by atoms with Gasteiger partial charge in [-0.25, -0.2) is 9.80 Å². The summed E-state index contributed by atoms with van der Waals surface area (Å²) in [5.41, 5.74) is 2.14. The van der Waals surface area contributed by atoms with Crippen LogP contribution in [0, 0.1) is 17.2 Å². The van der Waals surface area contributed by atoms with E-state index in [0.717, 1.165) is 106 Å². The van der Waals surface area contributed by atoms with Crippen LogP contribution in [0.2, 0.25) is 5.02 Å². The maximum absolute atomic E-state index is 13.4. The zero-order chi connectivity index (χ0) is 40.8. The van der Waals surface area contributed by atoms with E-state index in [1.165, 1.54) is 0 Å². The molecule has 2 N–H and O–H groups in total. The number of halogens is 1. The molecule has 1 saturated carbocycles. The minimum Gasteiger partial charge on any atom is -0.490 e. The number of amides is 6. The lowest BCUT2D eigenvalue weighted by Gasteiger charge is -2.44. The number of ether oxygens (including phenoxy) is 1. The van der Waals surface area contributed by atoms with Gasteiger partial charge >= 0.3 is 6.03 Å². The summed E-state index contributed by atoms with van der Waals surface area (Å²) in [6.45, 7) is 4.40. The molecular formula is C42H45ClN10O6. The van der Waals surface area contributed by atoms with Crippen molar-refractivity contribution in [3.8, 4) is 11.8 Å². The number of urea groups is 1. The number of anilines is 2. The van der Waals surface area contributed by atoms with E-state index in [-0.39, 0.29) is 42.1 Å². The number of benzene rings is 2. The van der Waals surface area contributed by atoms with Gasteiger partial charge in [0.15, 0.2) is 11.5 Å². The lowest BCUT2D eigenvalue weighted by Crippen LogP contribution is -2.58. The van der Waals surface area contributed by atoms with Gasteiger partial charge in [-0.2, -0.15) is 10.3 Å². The normalized spacial score (nSPS) is 24.9. The van der Waals surface area contributed by atoms with Crippen LogP contribution in [0.1, 0.15) is 94.6 Å². The third kappa shape index (κ3) is 7.76. The number of nitrogens with one attached hydrogen (secondary N) is 2. The predicted molar refractivity (Wildman–Crippen MR) is 215 cm³/mol. The van der Waals surface area contributed by atoms with Crippen molar-refractivity contribution in [3.63, 3.8) is 0 Å². The lowest BCUT2D eigenvalue weighted by atomic mass is 9.92. The van der Waals surface area contributed by atoms with E-state index in [4.69, 9.17) is 21.6 Å². The first-order valence-corrected chi connectivity index (χ1v) is 20.9. The number of carbonyl (C=O) groups is 5. The van der Waals surface area contributed by atoms with Crippen LogP contribution in [0.25, 0.3) is 0 Å². The molecule has 2 unspecified atom stereocenters. The van der Waals surface area contributed by atoms with Crippen LogP contribution in [-0.2, 0) is 4.79 Å². The summed E-state index contributed by atoms with van der Waals surface area (Å²) >= 11 is 6.15. The van der Waals surface area contributed by atoms with Crippen LogP contribution < -0.4 is 25.2 Å². The molecule has 6 heterocycles. The number of hydrazine groups is 1. The molecule has 2 bridgehead atoms. The van der Waals surface area contributed by atoms with E-state index >= 15 is 0 Å². The number of nitrogens with zero attached hydrogens (tertiary/aromatic N) is 8. The van der Waals surface area contributed by atoms with Crippen molar-refractivity contribution in [1.82, 2.24) is 35.7 Å². The topological polar surface area (TPSA) is 184 Å². The Morgan fingerprint density at radius 3 is 2.27 bits per heavy atom. The Balaban J connectivity index is 0.727. The summed E-state index contributed by atoms with van der Waals surface area (Å²) in [6, 6.07) is 16.2. The molecule has 306 valence electrons. The number of hydrogen-bond acceptors (Lipinski definition) is 12. The second-order valence-electron chi connectivity index (χ2n) is 16.4. The van der Waals surface area contributed by atoms with E-state index < -0.39 is 23.8 Å². The fourth-order valence-electron chi connectivity index (χ4n) is 9.57. The van der Waals surface area contributed by atoms with Crippen molar-refractivity contribution in [1.29, 1.82) is 5.26 Å². The van der Waals surface area contributed by atoms with Gasteiger partial charge in [0.1, 0.15) is 11.8 Å². The number of hydrogen-bond donors (Lipinski definition) is 2. The van der Waals surface area contributed by atoms with E-state index in [2.05, 4.69) is 41.6 Å². The lowest BCUT2D eigenvalue weighted by molar-refractivity contribution is -0.122. The standard InChI is InChI=1S/C42H45ClN10O6/c43-35-20-32(7-1-26(35)21-44)59-31-8-2-27(3-9-31)45-39(55)36-11-12-37(48-47-36)49-16-13-25(14-17-49)22-51-29-4-5-30(51)24-50(23-29)28-6-10-33-34(19-28)41(57)53(40(33)56)52-18-15-38(54)46-42(52)58/h1,6-7,10-12,19-20,25,27,29-31H,2-5,8-9,13-18,22-24H2,(H,45,55)(H,46,54,58). The molecule has 6 aliphatic rings. The molecule has 4 saturated heterocycles. The third-order valence-electron chi connectivity index (χ3n) is 12.8. The molecule has 5 aliphatic heterocycles. The number of piperazine rings is 1. The Kier molecular flexibility index (Phi) is 10.6. The number of fused-ring (bicyclic) bond motifs is 3. The molecular weight excluding hydrogens is 776 g/mol. The van der Waals surface area contributed by atoms with Crippen LogP contribution >= 0.6 is 11.6 Å². The molecule has 16 nitrogen and oxygen atoms in total. The molecule has 59 heavy (non-hydrogen) atoms. The van der Waals surface area contributed by atoms with Gasteiger partial charge < -0.3 is 19.9 Å². The molecule has 1 aromatic heterocycles. The maximum Gasteiger partial charge on any atom is 0.343 e. The van der Waals surface area contributed by atoms with Gasteiger partial charge in [0.25, 0.3) is 17.7 Å². The van der Waals surface area contributed by atoms with Crippen LogP contribution in [0.3, 0.4) is 0 Å². The molecule has 5 fully saturated rings. The molecule has 3 aromatic rings. The zero-order valence-corrected chi connectivity index (χ0v) is 33.3. The van der Waals surface area contributed by atoms with Gasteiger partial charge in [0, 0.05) is 69.0 Å². The van der Waals surface area contributed by atoms with Crippen molar-refractivity contribution in [2.24, 2.45) is 5.92 Å². The zero-order valence-electron chi connectivity index (χ0n) is 32.5. The fourth-order valence-corrected chi connectivity index (χ4v) is 9.78. The highest BCUT2D eigenvalue weighted by molar-refractivity contribution is 6.31. The number of rotatable bonds is 9. The average Bonchev–Trinajstić information content (AvgIpc) is 3.61. The van der Waals surface area contributed by atoms with Crippen LogP contribution in [-0.4, -0.2) is 118 Å². The summed E-state index contributed by atoms with van der Waals surface area (Å²) in [5, 5.41) is 25.4. The second-order valence-corrected chi connectivity index (χ2v) is 16.8. The molecule has 6 amide bonds. The largest absolute Gasteiger partial charge is 0.490 e. The second kappa shape index (κ2) is 16.1. The molecule has 2 aromatic carbocycles. The van der Waals surface area contributed by atoms with Crippen molar-refractivity contribution < 1.29 is 28.7 Å². The van der Waals surface area contributed by atoms with Gasteiger partial charge in [-0.05, 0) is 99.7 Å². The Hall–Kier alpha value is -5.79. The predicted octanol–water partition coefficient (Wildman–Crippen LogP) is 4.14. The van der Waals surface area contributed by atoms with Gasteiger partial charge in [-0.15, -0.1) is 10.2 Å². The monoisotopic (exact) mass is 820 g/mol. The Labute approximate surface area is 346 Å². The highest BCUT2D eigenvalue weighted by Crippen LogP contribution is 2.37. The first kappa shape index (κ1) is 38.7. The summed E-state index contributed by atoms with van der Waals surface area (Å²) in [4.78, 5) is 70.9. The first-order chi connectivity index (χ1) is 28.6. The van der Waals surface area contributed by atoms with Crippen LogP contribution in [0.15, 0.2) is 48.5 Å². The number of carbonyl (C=O) groups excluding carboxylic acids is 5. The maximum atomic E-state index is 13.4. The van der Waals surface area contributed by atoms with Gasteiger partial charge in [0.05, 0.1) is 34.4 Å². The number of nitriles is 1. The van der Waals surface area contributed by atoms with Crippen molar-refractivity contribution in [2.45, 2.75) is 82.0 Å². The van der Waals surface area contributed by atoms with E-state index in [1.54, 1.807) is 36.4 Å². The summed E-state index contributed by atoms with van der Waals surface area (Å²) < 4.78 is 6.09. The Morgan fingerprint density at radius 1 is 0.847 bits per heavy atom. The number of piperidine rings is 1. The molecule has 17 heteroatoms. The Bertz CT molecular complexity index is 2200. The summed E-state index contributed by atoms with van der Waals surface area (Å²) in [7, 11) is 0. The van der Waals surface area contributed by atoms with Gasteiger partial charge in [-0.3, -0.25) is 29.4 Å². The molecule has 0 spiro atoms. The quantitative estimate of drug-likeness (QED) is 0.295. The van der Waals surface area contributed by atoms with Gasteiger partial charge in [0.2, 0.25) is 5.91 Å². The fraction of sp³-hybridized carbons (Fsp3) is 0.476. The van der Waals surface area contributed by atoms with Crippen LogP contribution in [0.4, 0.5) is 16.3 Å². The molecule has 1 aliphatic carbocycles. The molecule has 9 rings (SSSR count).